The first-order valence-electron chi connectivity index (χ1n) is 9.10. The van der Waals surface area contributed by atoms with Gasteiger partial charge in [-0.25, -0.2) is 4.98 Å². The molecule has 2 aromatic rings. The molecular formula is C20H24N2O3S. The molecule has 1 saturated carbocycles. The molecule has 26 heavy (non-hydrogen) atoms. The molecule has 3 atom stereocenters. The maximum Gasteiger partial charge on any atom is 0.266 e. The number of nitrogens with zero attached hydrogens (tertiary/aromatic N) is 2. The summed E-state index contributed by atoms with van der Waals surface area (Å²) in [5.74, 6) is 2.29. The maximum atomic E-state index is 13.2. The Morgan fingerprint density at radius 1 is 1.23 bits per heavy atom. The molecular weight excluding hydrogens is 348 g/mol. The number of hydrogen-bond donors (Lipinski definition) is 0. The number of ether oxygens (including phenoxy) is 2. The predicted molar refractivity (Wildman–Crippen MR) is 101 cm³/mol. The molecule has 2 fully saturated rings. The van der Waals surface area contributed by atoms with Crippen molar-refractivity contribution < 1.29 is 14.3 Å². The lowest BCUT2D eigenvalue weighted by Gasteiger charge is -2.35. The van der Waals surface area contributed by atoms with Crippen LogP contribution in [-0.2, 0) is 0 Å². The average molecular weight is 372 g/mol. The van der Waals surface area contributed by atoms with Crippen LogP contribution in [0.5, 0.6) is 11.5 Å². The lowest BCUT2D eigenvalue weighted by atomic mass is 9.99. The van der Waals surface area contributed by atoms with Crippen molar-refractivity contribution >= 4 is 17.2 Å². The Balaban J connectivity index is 1.50. The minimum absolute atomic E-state index is 0.128. The molecule has 0 N–H and O–H groups in total. The standard InChI is InChI=1S/C20H24N2O3S/c1-12-19(26-13(2)21-12)20(23)22-15-5-4-14(10-15)18(22)11-25-17-8-6-16(24-3)7-9-17/h6-9,14-15,18H,4-5,10-11H2,1-3H3/t14-,15-,18+/m0/s1. The molecule has 1 saturated heterocycles. The van der Waals surface area contributed by atoms with E-state index in [0.717, 1.165) is 39.9 Å². The number of carbonyl (C=O) groups excluding carboxylic acids is 1. The van der Waals surface area contributed by atoms with Gasteiger partial charge in [-0.1, -0.05) is 0 Å². The van der Waals surface area contributed by atoms with Crippen LogP contribution in [-0.4, -0.2) is 41.6 Å². The molecule has 0 unspecified atom stereocenters. The molecule has 4 rings (SSSR count). The van der Waals surface area contributed by atoms with Crippen molar-refractivity contribution in [2.24, 2.45) is 5.92 Å². The topological polar surface area (TPSA) is 51.7 Å². The largest absolute Gasteiger partial charge is 0.497 e. The van der Waals surface area contributed by atoms with E-state index in [-0.39, 0.29) is 11.9 Å². The summed E-state index contributed by atoms with van der Waals surface area (Å²) in [7, 11) is 1.65. The van der Waals surface area contributed by atoms with Gasteiger partial charge < -0.3 is 14.4 Å². The van der Waals surface area contributed by atoms with Gasteiger partial charge in [-0.3, -0.25) is 4.79 Å². The van der Waals surface area contributed by atoms with Crippen LogP contribution < -0.4 is 9.47 Å². The zero-order valence-corrected chi connectivity index (χ0v) is 16.2. The maximum absolute atomic E-state index is 13.2. The van der Waals surface area contributed by atoms with E-state index in [4.69, 9.17) is 9.47 Å². The van der Waals surface area contributed by atoms with Gasteiger partial charge in [0.1, 0.15) is 23.0 Å². The fourth-order valence-corrected chi connectivity index (χ4v) is 5.19. The molecule has 1 aromatic carbocycles. The molecule has 0 radical (unpaired) electrons. The van der Waals surface area contributed by atoms with Gasteiger partial charge in [-0.2, -0.15) is 0 Å². The number of carbonyl (C=O) groups is 1. The number of rotatable bonds is 5. The number of aromatic nitrogens is 1. The van der Waals surface area contributed by atoms with Gasteiger partial charge in [0.25, 0.3) is 5.91 Å². The molecule has 2 aliphatic rings. The SMILES string of the molecule is COc1ccc(OC[C@@H]2[C@H]3CC[C@@H](C3)N2C(=O)c2sc(C)nc2C)cc1. The van der Waals surface area contributed by atoms with Gasteiger partial charge in [-0.05, 0) is 63.3 Å². The fraction of sp³-hybridized carbons (Fsp3) is 0.500. The van der Waals surface area contributed by atoms with Gasteiger partial charge in [-0.15, -0.1) is 11.3 Å². The first-order valence-corrected chi connectivity index (χ1v) is 9.92. The summed E-state index contributed by atoms with van der Waals surface area (Å²) in [4.78, 5) is 20.5. The first-order chi connectivity index (χ1) is 12.6. The van der Waals surface area contributed by atoms with Crippen LogP contribution in [0, 0.1) is 19.8 Å². The molecule has 138 valence electrons. The minimum Gasteiger partial charge on any atom is -0.497 e. The highest BCUT2D eigenvalue weighted by Gasteiger charge is 2.49. The van der Waals surface area contributed by atoms with Crippen molar-refractivity contribution in [3.63, 3.8) is 0 Å². The quantitative estimate of drug-likeness (QED) is 0.800. The van der Waals surface area contributed by atoms with Gasteiger partial charge >= 0.3 is 0 Å². The number of piperidine rings is 1. The fourth-order valence-electron chi connectivity index (χ4n) is 4.33. The smallest absolute Gasteiger partial charge is 0.266 e. The summed E-state index contributed by atoms with van der Waals surface area (Å²) in [6.45, 7) is 4.42. The Labute approximate surface area is 157 Å². The zero-order chi connectivity index (χ0) is 18.3. The van der Waals surface area contributed by atoms with E-state index in [2.05, 4.69) is 9.88 Å². The number of likely N-dealkylation sites (tertiary alicyclic amines) is 1. The van der Waals surface area contributed by atoms with Crippen LogP contribution in [0.1, 0.15) is 39.6 Å². The lowest BCUT2D eigenvalue weighted by molar-refractivity contribution is 0.0509. The van der Waals surface area contributed by atoms with Crippen molar-refractivity contribution in [3.8, 4) is 11.5 Å². The monoisotopic (exact) mass is 372 g/mol. The summed E-state index contributed by atoms with van der Waals surface area (Å²) < 4.78 is 11.2. The minimum atomic E-state index is 0.128. The normalized spacial score (nSPS) is 24.1. The van der Waals surface area contributed by atoms with Crippen molar-refractivity contribution in [2.45, 2.75) is 45.2 Å². The molecule has 2 heterocycles. The van der Waals surface area contributed by atoms with E-state index in [1.54, 1.807) is 7.11 Å². The van der Waals surface area contributed by atoms with Crippen molar-refractivity contribution in [1.29, 1.82) is 0 Å². The van der Waals surface area contributed by atoms with E-state index in [1.807, 2.05) is 38.1 Å². The van der Waals surface area contributed by atoms with Crippen molar-refractivity contribution in [1.82, 2.24) is 9.88 Å². The van der Waals surface area contributed by atoms with Crippen LogP contribution in [0.15, 0.2) is 24.3 Å². The second-order valence-electron chi connectivity index (χ2n) is 7.14. The van der Waals surface area contributed by atoms with Gasteiger partial charge in [0.05, 0.1) is 23.9 Å². The van der Waals surface area contributed by atoms with Gasteiger partial charge in [0, 0.05) is 6.04 Å². The highest BCUT2D eigenvalue weighted by Crippen LogP contribution is 2.43. The number of thiazole rings is 1. The first kappa shape index (κ1) is 17.3. The average Bonchev–Trinajstić information content (AvgIpc) is 3.34. The van der Waals surface area contributed by atoms with Gasteiger partial charge in [0.2, 0.25) is 0 Å². The third kappa shape index (κ3) is 3.07. The Morgan fingerprint density at radius 3 is 2.62 bits per heavy atom. The Bertz CT molecular complexity index is 802. The van der Waals surface area contributed by atoms with Crippen LogP contribution in [0.3, 0.4) is 0 Å². The molecule has 1 amide bonds. The molecule has 0 spiro atoms. The van der Waals surface area contributed by atoms with Crippen LogP contribution in [0.25, 0.3) is 0 Å². The van der Waals surface area contributed by atoms with E-state index < -0.39 is 0 Å². The van der Waals surface area contributed by atoms with Crippen molar-refractivity contribution in [2.75, 3.05) is 13.7 Å². The summed E-state index contributed by atoms with van der Waals surface area (Å²) >= 11 is 1.50. The summed E-state index contributed by atoms with van der Waals surface area (Å²) in [5.41, 5.74) is 0.843. The Hall–Kier alpha value is -2.08. The van der Waals surface area contributed by atoms with Crippen LogP contribution in [0.2, 0.25) is 0 Å². The number of methoxy groups -OCH3 is 1. The molecule has 6 heteroatoms. The predicted octanol–water partition coefficient (Wildman–Crippen LogP) is 3.84. The van der Waals surface area contributed by atoms with E-state index in [0.29, 0.717) is 18.6 Å². The number of benzene rings is 1. The lowest BCUT2D eigenvalue weighted by Crippen LogP contribution is -2.47. The number of aryl methyl sites for hydroxylation is 2. The second kappa shape index (κ2) is 6.91. The highest BCUT2D eigenvalue weighted by molar-refractivity contribution is 7.13. The highest BCUT2D eigenvalue weighted by atomic mass is 32.1. The van der Waals surface area contributed by atoms with E-state index in [9.17, 15) is 4.79 Å². The number of fused-ring (bicyclic) bond motifs is 2. The van der Waals surface area contributed by atoms with Crippen LogP contribution >= 0.6 is 11.3 Å². The Morgan fingerprint density at radius 2 is 1.96 bits per heavy atom. The number of amides is 1. The van der Waals surface area contributed by atoms with Crippen LogP contribution in [0.4, 0.5) is 0 Å². The van der Waals surface area contributed by atoms with E-state index >= 15 is 0 Å². The summed E-state index contributed by atoms with van der Waals surface area (Å²) in [5, 5.41) is 0.946. The zero-order valence-electron chi connectivity index (χ0n) is 15.4. The second-order valence-corrected chi connectivity index (χ2v) is 8.34. The number of hydrogen-bond acceptors (Lipinski definition) is 5. The summed E-state index contributed by atoms with van der Waals surface area (Å²) in [6.07, 6.45) is 3.39. The molecule has 1 aromatic heterocycles. The third-order valence-corrected chi connectivity index (χ3v) is 6.61. The molecule has 5 nitrogen and oxygen atoms in total. The summed E-state index contributed by atoms with van der Waals surface area (Å²) in [6, 6.07) is 8.10. The van der Waals surface area contributed by atoms with Gasteiger partial charge in [0.15, 0.2) is 0 Å². The Kier molecular flexibility index (Phi) is 4.61. The third-order valence-electron chi connectivity index (χ3n) is 5.55. The molecule has 1 aliphatic carbocycles. The van der Waals surface area contributed by atoms with E-state index in [1.165, 1.54) is 17.8 Å². The molecule has 1 aliphatic heterocycles. The van der Waals surface area contributed by atoms with Crippen molar-refractivity contribution in [3.05, 3.63) is 39.8 Å². The molecule has 2 bridgehead atoms.